The third-order valence-corrected chi connectivity index (χ3v) is 7.75. The van der Waals surface area contributed by atoms with Gasteiger partial charge in [-0.15, -0.1) is 5.10 Å². The van der Waals surface area contributed by atoms with Crippen LogP contribution < -0.4 is 5.32 Å². The molecule has 5 aromatic rings. The van der Waals surface area contributed by atoms with Crippen molar-refractivity contribution in [3.05, 3.63) is 83.4 Å². The molecule has 172 valence electrons. The van der Waals surface area contributed by atoms with Gasteiger partial charge in [-0.3, -0.25) is 0 Å². The van der Waals surface area contributed by atoms with E-state index < -0.39 is 9.84 Å². The summed E-state index contributed by atoms with van der Waals surface area (Å²) in [5.74, 6) is 0.972. The van der Waals surface area contributed by atoms with Crippen molar-refractivity contribution in [2.75, 3.05) is 5.32 Å². The highest BCUT2D eigenvalue weighted by Gasteiger charge is 2.27. The van der Waals surface area contributed by atoms with Crippen molar-refractivity contribution in [1.29, 1.82) is 0 Å². The van der Waals surface area contributed by atoms with Crippen molar-refractivity contribution in [3.63, 3.8) is 0 Å². The van der Waals surface area contributed by atoms with Gasteiger partial charge in [-0.2, -0.15) is 4.52 Å². The van der Waals surface area contributed by atoms with Gasteiger partial charge in [-0.25, -0.2) is 13.4 Å². The molecule has 0 radical (unpaired) electrons. The van der Waals surface area contributed by atoms with Crippen LogP contribution in [0.25, 0.3) is 16.6 Å². The van der Waals surface area contributed by atoms with Crippen LogP contribution in [-0.4, -0.2) is 28.2 Å². The summed E-state index contributed by atoms with van der Waals surface area (Å²) in [4.78, 5) is 4.87. The molecule has 2 aromatic heterocycles. The van der Waals surface area contributed by atoms with Crippen LogP contribution in [0.5, 0.6) is 0 Å². The summed E-state index contributed by atoms with van der Waals surface area (Å²) in [5.41, 5.74) is 4.90. The molecule has 0 amide bonds. The molecular weight excluding hydrogens is 446 g/mol. The maximum atomic E-state index is 13.5. The Bertz CT molecular complexity index is 1640. The van der Waals surface area contributed by atoms with E-state index in [1.54, 1.807) is 18.2 Å². The summed E-state index contributed by atoms with van der Waals surface area (Å²) in [6, 6.07) is 20.8. The SMILES string of the molecule is Cc1ccc(S(=O)(=O)c2nnn3c2nc(Nc2ccc(C(C)C)cc2)c2ccccc23)cc1C. The lowest BCUT2D eigenvalue weighted by molar-refractivity contribution is 0.592. The first kappa shape index (κ1) is 22.0. The Morgan fingerprint density at radius 1 is 0.912 bits per heavy atom. The second kappa shape index (κ2) is 8.22. The minimum absolute atomic E-state index is 0.167. The first-order valence-corrected chi connectivity index (χ1v) is 12.6. The predicted molar refractivity (Wildman–Crippen MR) is 133 cm³/mol. The third kappa shape index (κ3) is 3.70. The van der Waals surface area contributed by atoms with Gasteiger partial charge in [0, 0.05) is 11.1 Å². The van der Waals surface area contributed by atoms with Gasteiger partial charge in [0.2, 0.25) is 14.9 Å². The first-order chi connectivity index (χ1) is 16.3. The number of anilines is 2. The smallest absolute Gasteiger partial charge is 0.229 e. The molecule has 2 heterocycles. The fraction of sp³-hybridized carbons (Fsp3) is 0.192. The van der Waals surface area contributed by atoms with E-state index in [1.807, 2.05) is 50.2 Å². The molecule has 0 aliphatic rings. The Morgan fingerprint density at radius 3 is 2.35 bits per heavy atom. The van der Waals surface area contributed by atoms with Gasteiger partial charge < -0.3 is 5.32 Å². The van der Waals surface area contributed by atoms with Gasteiger partial charge in [0.15, 0.2) is 5.65 Å². The number of aryl methyl sites for hydroxylation is 2. The largest absolute Gasteiger partial charge is 0.340 e. The molecule has 0 aliphatic carbocycles. The number of benzene rings is 3. The lowest BCUT2D eigenvalue weighted by atomic mass is 10.0. The van der Waals surface area contributed by atoms with Gasteiger partial charge in [0.1, 0.15) is 5.82 Å². The third-order valence-electron chi connectivity index (χ3n) is 6.11. The van der Waals surface area contributed by atoms with Gasteiger partial charge in [-0.1, -0.05) is 49.4 Å². The number of hydrogen-bond acceptors (Lipinski definition) is 6. The lowest BCUT2D eigenvalue weighted by Crippen LogP contribution is -2.06. The van der Waals surface area contributed by atoms with Crippen molar-refractivity contribution in [3.8, 4) is 0 Å². The van der Waals surface area contributed by atoms with E-state index in [9.17, 15) is 8.42 Å². The molecule has 0 saturated heterocycles. The molecule has 34 heavy (non-hydrogen) atoms. The zero-order valence-corrected chi connectivity index (χ0v) is 20.3. The molecular formula is C26H25N5O2S. The Labute approximate surface area is 198 Å². The molecule has 0 spiro atoms. The van der Waals surface area contributed by atoms with Crippen molar-refractivity contribution in [1.82, 2.24) is 19.8 Å². The Balaban J connectivity index is 1.68. The molecule has 5 rings (SSSR count). The van der Waals surface area contributed by atoms with Crippen LogP contribution in [0.1, 0.15) is 36.5 Å². The fourth-order valence-corrected chi connectivity index (χ4v) is 5.21. The molecule has 0 bridgehead atoms. The van der Waals surface area contributed by atoms with Gasteiger partial charge >= 0.3 is 0 Å². The van der Waals surface area contributed by atoms with Crippen LogP contribution in [0.2, 0.25) is 0 Å². The Kier molecular flexibility index (Phi) is 5.32. The van der Waals surface area contributed by atoms with E-state index in [4.69, 9.17) is 4.98 Å². The zero-order valence-electron chi connectivity index (χ0n) is 19.4. The molecule has 0 unspecified atom stereocenters. The number of aromatic nitrogens is 4. The molecule has 3 aromatic carbocycles. The summed E-state index contributed by atoms with van der Waals surface area (Å²) < 4.78 is 28.5. The summed E-state index contributed by atoms with van der Waals surface area (Å²) >= 11 is 0. The number of nitrogens with zero attached hydrogens (tertiary/aromatic N) is 4. The number of nitrogens with one attached hydrogen (secondary N) is 1. The van der Waals surface area contributed by atoms with E-state index in [-0.39, 0.29) is 15.6 Å². The summed E-state index contributed by atoms with van der Waals surface area (Å²) in [7, 11) is -3.92. The molecule has 7 nitrogen and oxygen atoms in total. The maximum absolute atomic E-state index is 13.5. The lowest BCUT2D eigenvalue weighted by Gasteiger charge is -2.12. The van der Waals surface area contributed by atoms with Gasteiger partial charge in [0.25, 0.3) is 0 Å². The van der Waals surface area contributed by atoms with Gasteiger partial charge in [0.05, 0.1) is 10.4 Å². The van der Waals surface area contributed by atoms with Crippen LogP contribution in [0.3, 0.4) is 0 Å². The summed E-state index contributed by atoms with van der Waals surface area (Å²) in [5, 5.41) is 12.2. The number of fused-ring (bicyclic) bond motifs is 3. The minimum atomic E-state index is -3.92. The number of rotatable bonds is 5. The number of para-hydroxylation sites is 1. The van der Waals surface area contributed by atoms with Crippen LogP contribution in [0, 0.1) is 13.8 Å². The number of hydrogen-bond donors (Lipinski definition) is 1. The second-order valence-corrected chi connectivity index (χ2v) is 10.6. The van der Waals surface area contributed by atoms with Crippen molar-refractivity contribution in [2.24, 2.45) is 0 Å². The summed E-state index contributed by atoms with van der Waals surface area (Å²) in [6.45, 7) is 8.12. The van der Waals surface area contributed by atoms with Crippen LogP contribution in [-0.2, 0) is 9.84 Å². The average Bonchev–Trinajstić information content (AvgIpc) is 3.26. The standard InChI is InChI=1S/C26H25N5O2S/c1-16(2)19-10-12-20(13-11-19)27-24-22-7-5-6-8-23(22)31-25(28-24)26(29-30-31)34(32,33)21-14-9-17(3)18(4)15-21/h5-16H,1-4H3,(H,27,28). The predicted octanol–water partition coefficient (Wildman–Crippen LogP) is 5.59. The molecule has 0 aliphatic heterocycles. The quantitative estimate of drug-likeness (QED) is 0.359. The molecule has 1 N–H and O–H groups in total. The van der Waals surface area contributed by atoms with Crippen LogP contribution >= 0.6 is 0 Å². The molecule has 0 fully saturated rings. The maximum Gasteiger partial charge on any atom is 0.229 e. The van der Waals surface area contributed by atoms with Crippen molar-refractivity contribution in [2.45, 2.75) is 43.5 Å². The topological polar surface area (TPSA) is 89.2 Å². The fourth-order valence-electron chi connectivity index (χ4n) is 3.90. The average molecular weight is 472 g/mol. The van der Waals surface area contributed by atoms with E-state index in [1.165, 1.54) is 10.1 Å². The Hall–Kier alpha value is -3.78. The molecule has 0 atom stereocenters. The van der Waals surface area contributed by atoms with Crippen molar-refractivity contribution >= 4 is 37.9 Å². The summed E-state index contributed by atoms with van der Waals surface area (Å²) in [6.07, 6.45) is 0. The minimum Gasteiger partial charge on any atom is -0.340 e. The normalized spacial score (nSPS) is 12.0. The van der Waals surface area contributed by atoms with Crippen LogP contribution in [0.15, 0.2) is 76.7 Å². The van der Waals surface area contributed by atoms with Gasteiger partial charge in [-0.05, 0) is 72.9 Å². The van der Waals surface area contributed by atoms with Crippen LogP contribution in [0.4, 0.5) is 11.5 Å². The van der Waals surface area contributed by atoms with Crippen molar-refractivity contribution < 1.29 is 8.42 Å². The van der Waals surface area contributed by atoms with E-state index in [0.717, 1.165) is 22.2 Å². The highest BCUT2D eigenvalue weighted by Crippen LogP contribution is 2.30. The van der Waals surface area contributed by atoms with E-state index >= 15 is 0 Å². The Morgan fingerprint density at radius 2 is 1.65 bits per heavy atom. The second-order valence-electron chi connectivity index (χ2n) is 8.76. The highest BCUT2D eigenvalue weighted by molar-refractivity contribution is 7.91. The van der Waals surface area contributed by atoms with E-state index in [2.05, 4.69) is 41.6 Å². The first-order valence-electron chi connectivity index (χ1n) is 11.1. The molecule has 8 heteroatoms. The number of sulfone groups is 1. The monoisotopic (exact) mass is 471 g/mol. The van der Waals surface area contributed by atoms with E-state index in [0.29, 0.717) is 17.3 Å². The zero-order chi connectivity index (χ0) is 24.0. The highest BCUT2D eigenvalue weighted by atomic mass is 32.2. The molecule has 0 saturated carbocycles.